The molecule has 1 aromatic heterocycles. The van der Waals surface area contributed by atoms with Gasteiger partial charge in [0.05, 0.1) is 15.4 Å². The summed E-state index contributed by atoms with van der Waals surface area (Å²) in [4.78, 5) is 21.4. The maximum absolute atomic E-state index is 10.9. The fourth-order valence-electron chi connectivity index (χ4n) is 1.18. The first-order chi connectivity index (χ1) is 8.58. The number of carboxylic acids is 1. The highest BCUT2D eigenvalue weighted by Crippen LogP contribution is 2.35. The maximum Gasteiger partial charge on any atom is 0.335 e. The van der Waals surface area contributed by atoms with Gasteiger partial charge in [-0.05, 0) is 12.1 Å². The van der Waals surface area contributed by atoms with E-state index in [0.717, 1.165) is 17.8 Å². The Morgan fingerprint density at radius 2 is 2.28 bits per heavy atom. The number of aromatic carboxylic acids is 1. The van der Waals surface area contributed by atoms with Crippen molar-refractivity contribution in [2.24, 2.45) is 0 Å². The molecule has 0 aliphatic heterocycles. The number of aromatic nitrogens is 2. The lowest BCUT2D eigenvalue weighted by Gasteiger charge is -2.01. The second-order valence-corrected chi connectivity index (χ2v) is 5.17. The van der Waals surface area contributed by atoms with E-state index in [4.69, 9.17) is 5.11 Å². The summed E-state index contributed by atoms with van der Waals surface area (Å²) >= 11 is 2.33. The molecule has 0 radical (unpaired) electrons. The zero-order valence-corrected chi connectivity index (χ0v) is 10.3. The smallest absolute Gasteiger partial charge is 0.335 e. The third-order valence-corrected chi connectivity index (χ3v) is 3.78. The molecule has 9 heteroatoms. The predicted molar refractivity (Wildman–Crippen MR) is 64.1 cm³/mol. The molecule has 0 spiro atoms. The largest absolute Gasteiger partial charge is 0.478 e. The van der Waals surface area contributed by atoms with Crippen LogP contribution in [-0.4, -0.2) is 26.2 Å². The molecule has 0 fully saturated rings. The summed E-state index contributed by atoms with van der Waals surface area (Å²) in [6.45, 7) is 0. The Hall–Kier alpha value is -2.00. The molecule has 1 N–H and O–H groups in total. The van der Waals surface area contributed by atoms with Gasteiger partial charge in [0, 0.05) is 6.07 Å². The lowest BCUT2D eigenvalue weighted by molar-refractivity contribution is -0.387. The van der Waals surface area contributed by atoms with Gasteiger partial charge in [0.25, 0.3) is 5.69 Å². The second-order valence-electron chi connectivity index (χ2n) is 3.05. The molecular weight excluding hydrogens is 278 g/mol. The van der Waals surface area contributed by atoms with Crippen LogP contribution in [0.1, 0.15) is 10.4 Å². The zero-order valence-electron chi connectivity index (χ0n) is 8.64. The van der Waals surface area contributed by atoms with Gasteiger partial charge in [0.2, 0.25) is 0 Å². The minimum Gasteiger partial charge on any atom is -0.478 e. The molecule has 2 rings (SSSR count). The average Bonchev–Trinajstić information content (AvgIpc) is 2.81. The summed E-state index contributed by atoms with van der Waals surface area (Å²) in [7, 11) is 0. The van der Waals surface area contributed by atoms with Crippen LogP contribution in [0, 0.1) is 10.1 Å². The van der Waals surface area contributed by atoms with Crippen molar-refractivity contribution in [3.63, 3.8) is 0 Å². The molecule has 92 valence electrons. The third kappa shape index (κ3) is 2.63. The van der Waals surface area contributed by atoms with Gasteiger partial charge in [0.15, 0.2) is 4.34 Å². The van der Waals surface area contributed by atoms with Gasteiger partial charge in [-0.3, -0.25) is 10.1 Å². The van der Waals surface area contributed by atoms with Crippen LogP contribution in [0.4, 0.5) is 5.69 Å². The quantitative estimate of drug-likeness (QED) is 0.677. The van der Waals surface area contributed by atoms with E-state index in [1.165, 1.54) is 29.0 Å². The predicted octanol–water partition coefficient (Wildman–Crippen LogP) is 2.30. The van der Waals surface area contributed by atoms with Crippen LogP contribution in [0.5, 0.6) is 0 Å². The molecule has 0 unspecified atom stereocenters. The number of carbonyl (C=O) groups is 1. The minimum absolute atomic E-state index is 0.122. The number of hydrogen-bond donors (Lipinski definition) is 1. The molecule has 0 aliphatic rings. The number of benzene rings is 1. The molecule has 0 saturated carbocycles. The Morgan fingerprint density at radius 1 is 1.50 bits per heavy atom. The summed E-state index contributed by atoms with van der Waals surface area (Å²) in [5.74, 6) is -1.20. The topological polar surface area (TPSA) is 106 Å². The van der Waals surface area contributed by atoms with E-state index in [-0.39, 0.29) is 11.3 Å². The molecule has 0 saturated heterocycles. The molecule has 0 aliphatic carbocycles. The lowest BCUT2D eigenvalue weighted by Crippen LogP contribution is -1.99. The standard InChI is InChI=1S/C9H5N3O4S2/c13-8(14)5-1-2-7(6(3-5)12(15)16)18-9-11-10-4-17-9/h1-4H,(H,13,14). The molecular formula is C9H5N3O4S2. The van der Waals surface area contributed by atoms with Gasteiger partial charge >= 0.3 is 5.97 Å². The summed E-state index contributed by atoms with van der Waals surface area (Å²) in [5, 5.41) is 27.1. The van der Waals surface area contributed by atoms with Gasteiger partial charge in [-0.1, -0.05) is 23.1 Å². The fraction of sp³-hybridized carbons (Fsp3) is 0. The van der Waals surface area contributed by atoms with Crippen LogP contribution < -0.4 is 0 Å². The second kappa shape index (κ2) is 5.10. The Bertz CT molecular complexity index is 600. The molecule has 7 nitrogen and oxygen atoms in total. The van der Waals surface area contributed by atoms with Crippen molar-refractivity contribution >= 4 is 34.8 Å². The molecule has 0 amide bonds. The molecule has 1 aromatic carbocycles. The van der Waals surface area contributed by atoms with Gasteiger partial charge in [-0.25, -0.2) is 4.79 Å². The van der Waals surface area contributed by atoms with Gasteiger partial charge in [-0.2, -0.15) is 0 Å². The van der Waals surface area contributed by atoms with Gasteiger partial charge in [0.1, 0.15) is 5.51 Å². The van der Waals surface area contributed by atoms with Crippen LogP contribution in [0.3, 0.4) is 0 Å². The SMILES string of the molecule is O=C(O)c1ccc(Sc2nncs2)c([N+](=O)[O-])c1. The van der Waals surface area contributed by atoms with Crippen molar-refractivity contribution in [3.05, 3.63) is 39.4 Å². The van der Waals surface area contributed by atoms with E-state index < -0.39 is 10.9 Å². The third-order valence-electron chi connectivity index (χ3n) is 1.94. The highest BCUT2D eigenvalue weighted by molar-refractivity contribution is 8.01. The van der Waals surface area contributed by atoms with Crippen molar-refractivity contribution in [3.8, 4) is 0 Å². The number of nitrogens with zero attached hydrogens (tertiary/aromatic N) is 3. The van der Waals surface area contributed by atoms with Gasteiger partial charge in [-0.15, -0.1) is 10.2 Å². The number of nitro groups is 1. The van der Waals surface area contributed by atoms with Crippen LogP contribution in [0.2, 0.25) is 0 Å². The Kier molecular flexibility index (Phi) is 3.53. The van der Waals surface area contributed by atoms with E-state index in [1.54, 1.807) is 0 Å². The molecule has 2 aromatic rings. The van der Waals surface area contributed by atoms with Crippen molar-refractivity contribution < 1.29 is 14.8 Å². The zero-order chi connectivity index (χ0) is 13.1. The molecule has 18 heavy (non-hydrogen) atoms. The highest BCUT2D eigenvalue weighted by Gasteiger charge is 2.18. The normalized spacial score (nSPS) is 10.2. The van der Waals surface area contributed by atoms with E-state index >= 15 is 0 Å². The first-order valence-corrected chi connectivity index (χ1v) is 6.23. The van der Waals surface area contributed by atoms with E-state index in [0.29, 0.717) is 9.24 Å². The Labute approximate surface area is 109 Å². The van der Waals surface area contributed by atoms with Crippen molar-refractivity contribution in [1.82, 2.24) is 10.2 Å². The Balaban J connectivity index is 2.40. The number of rotatable bonds is 4. The van der Waals surface area contributed by atoms with Crippen molar-refractivity contribution in [2.45, 2.75) is 9.24 Å². The fourth-order valence-corrected chi connectivity index (χ4v) is 2.70. The minimum atomic E-state index is -1.20. The van der Waals surface area contributed by atoms with Crippen LogP contribution >= 0.6 is 23.1 Å². The monoisotopic (exact) mass is 283 g/mol. The van der Waals surface area contributed by atoms with Crippen LogP contribution in [-0.2, 0) is 0 Å². The summed E-state index contributed by atoms with van der Waals surface area (Å²) in [5.41, 5.74) is 1.14. The van der Waals surface area contributed by atoms with E-state index in [9.17, 15) is 14.9 Å². The van der Waals surface area contributed by atoms with E-state index in [1.807, 2.05) is 0 Å². The van der Waals surface area contributed by atoms with Crippen LogP contribution in [0.25, 0.3) is 0 Å². The lowest BCUT2D eigenvalue weighted by atomic mass is 10.2. The molecule has 0 bridgehead atoms. The first kappa shape index (κ1) is 12.5. The van der Waals surface area contributed by atoms with Crippen molar-refractivity contribution in [1.29, 1.82) is 0 Å². The summed E-state index contributed by atoms with van der Waals surface area (Å²) < 4.78 is 0.557. The van der Waals surface area contributed by atoms with Crippen molar-refractivity contribution in [2.75, 3.05) is 0 Å². The van der Waals surface area contributed by atoms with E-state index in [2.05, 4.69) is 10.2 Å². The average molecular weight is 283 g/mol. The molecule has 1 heterocycles. The summed E-state index contributed by atoms with van der Waals surface area (Å²) in [6, 6.07) is 3.75. The molecule has 0 atom stereocenters. The summed E-state index contributed by atoms with van der Waals surface area (Å²) in [6.07, 6.45) is 0. The maximum atomic E-state index is 10.9. The highest BCUT2D eigenvalue weighted by atomic mass is 32.2. The Morgan fingerprint density at radius 3 is 2.83 bits per heavy atom. The number of hydrogen-bond acceptors (Lipinski definition) is 7. The number of nitro benzene ring substituents is 1. The number of carboxylic acid groups (broad SMARTS) is 1. The van der Waals surface area contributed by atoms with Gasteiger partial charge < -0.3 is 5.11 Å². The first-order valence-electron chi connectivity index (χ1n) is 4.53. The van der Waals surface area contributed by atoms with Crippen LogP contribution in [0.15, 0.2) is 32.9 Å².